The standard InChI is InChI=1S/C16H20N2O4/c1-11(19)18-6-7-21-10-14(18)16(20)17-9-13-8-12-4-2-3-5-15(12)22-13/h2-5,13-14H,6-10H2,1H3,(H,17,20)/t13-,14+/m0/s1. The summed E-state index contributed by atoms with van der Waals surface area (Å²) in [6.07, 6.45) is 0.727. The van der Waals surface area contributed by atoms with Crippen molar-refractivity contribution in [1.29, 1.82) is 0 Å². The van der Waals surface area contributed by atoms with Crippen molar-refractivity contribution >= 4 is 11.8 Å². The lowest BCUT2D eigenvalue weighted by Crippen LogP contribution is -2.56. The maximum Gasteiger partial charge on any atom is 0.245 e. The van der Waals surface area contributed by atoms with E-state index in [1.165, 1.54) is 6.92 Å². The van der Waals surface area contributed by atoms with Gasteiger partial charge in [-0.05, 0) is 11.6 Å². The molecular formula is C16H20N2O4. The Hall–Kier alpha value is -2.08. The van der Waals surface area contributed by atoms with Crippen LogP contribution in [-0.2, 0) is 20.7 Å². The molecule has 2 heterocycles. The van der Waals surface area contributed by atoms with Gasteiger partial charge < -0.3 is 19.7 Å². The molecule has 2 amide bonds. The van der Waals surface area contributed by atoms with Crippen LogP contribution in [0.2, 0.25) is 0 Å². The van der Waals surface area contributed by atoms with Crippen LogP contribution in [-0.4, -0.2) is 55.2 Å². The van der Waals surface area contributed by atoms with E-state index in [9.17, 15) is 9.59 Å². The van der Waals surface area contributed by atoms with Gasteiger partial charge in [0.15, 0.2) is 0 Å². The lowest BCUT2D eigenvalue weighted by Gasteiger charge is -2.33. The molecule has 2 aliphatic heterocycles. The van der Waals surface area contributed by atoms with E-state index >= 15 is 0 Å². The van der Waals surface area contributed by atoms with E-state index in [0.717, 1.165) is 17.7 Å². The summed E-state index contributed by atoms with van der Waals surface area (Å²) in [6, 6.07) is 7.33. The Morgan fingerprint density at radius 3 is 2.95 bits per heavy atom. The fourth-order valence-electron chi connectivity index (χ4n) is 2.90. The molecule has 2 atom stereocenters. The van der Waals surface area contributed by atoms with Gasteiger partial charge in [0.1, 0.15) is 17.9 Å². The number of ether oxygens (including phenoxy) is 2. The fourth-order valence-corrected chi connectivity index (χ4v) is 2.90. The Balaban J connectivity index is 1.53. The van der Waals surface area contributed by atoms with Crippen molar-refractivity contribution in [3.63, 3.8) is 0 Å². The van der Waals surface area contributed by atoms with Crippen LogP contribution in [0, 0.1) is 0 Å². The van der Waals surface area contributed by atoms with E-state index in [2.05, 4.69) is 5.32 Å². The summed E-state index contributed by atoms with van der Waals surface area (Å²) in [5.74, 6) is 0.593. The highest BCUT2D eigenvalue weighted by Gasteiger charge is 2.32. The molecule has 0 aliphatic carbocycles. The van der Waals surface area contributed by atoms with Gasteiger partial charge in [0, 0.05) is 19.9 Å². The number of hydrogen-bond acceptors (Lipinski definition) is 4. The molecule has 1 N–H and O–H groups in total. The second kappa shape index (κ2) is 6.36. The van der Waals surface area contributed by atoms with E-state index in [1.54, 1.807) is 4.90 Å². The molecule has 0 radical (unpaired) electrons. The van der Waals surface area contributed by atoms with Gasteiger partial charge >= 0.3 is 0 Å². The third-order valence-corrected chi connectivity index (χ3v) is 4.05. The molecule has 1 aromatic carbocycles. The second-order valence-corrected chi connectivity index (χ2v) is 5.60. The molecule has 3 rings (SSSR count). The van der Waals surface area contributed by atoms with Crippen LogP contribution < -0.4 is 10.1 Å². The summed E-state index contributed by atoms with van der Waals surface area (Å²) in [6.45, 7) is 3.08. The zero-order valence-electron chi connectivity index (χ0n) is 12.6. The molecule has 1 saturated heterocycles. The molecule has 0 saturated carbocycles. The molecule has 22 heavy (non-hydrogen) atoms. The first kappa shape index (κ1) is 14.8. The van der Waals surface area contributed by atoms with Crippen molar-refractivity contribution in [2.45, 2.75) is 25.5 Å². The number of nitrogens with one attached hydrogen (secondary N) is 1. The van der Waals surface area contributed by atoms with Gasteiger partial charge in [-0.15, -0.1) is 0 Å². The Labute approximate surface area is 129 Å². The summed E-state index contributed by atoms with van der Waals surface area (Å²) in [7, 11) is 0. The quantitative estimate of drug-likeness (QED) is 0.875. The zero-order valence-corrected chi connectivity index (χ0v) is 12.6. The molecule has 118 valence electrons. The summed E-state index contributed by atoms with van der Waals surface area (Å²) in [4.78, 5) is 25.4. The first-order valence-electron chi connectivity index (χ1n) is 7.52. The van der Waals surface area contributed by atoms with Crippen LogP contribution >= 0.6 is 0 Å². The Bertz CT molecular complexity index is 550. The van der Waals surface area contributed by atoms with Gasteiger partial charge in [0.2, 0.25) is 11.8 Å². The normalized spacial score (nSPS) is 23.6. The van der Waals surface area contributed by atoms with E-state index in [1.807, 2.05) is 24.3 Å². The number of carbonyl (C=O) groups is 2. The van der Waals surface area contributed by atoms with Gasteiger partial charge in [-0.2, -0.15) is 0 Å². The third kappa shape index (κ3) is 3.06. The lowest BCUT2D eigenvalue weighted by atomic mass is 10.1. The number of fused-ring (bicyclic) bond motifs is 1. The average molecular weight is 304 g/mol. The number of rotatable bonds is 3. The maximum absolute atomic E-state index is 12.3. The molecule has 0 unspecified atom stereocenters. The highest BCUT2D eigenvalue weighted by Crippen LogP contribution is 2.27. The smallest absolute Gasteiger partial charge is 0.245 e. The van der Waals surface area contributed by atoms with Crippen LogP contribution in [0.5, 0.6) is 5.75 Å². The number of morpholine rings is 1. The first-order valence-corrected chi connectivity index (χ1v) is 7.52. The monoisotopic (exact) mass is 304 g/mol. The second-order valence-electron chi connectivity index (χ2n) is 5.60. The van der Waals surface area contributed by atoms with Crippen molar-refractivity contribution < 1.29 is 19.1 Å². The average Bonchev–Trinajstić information content (AvgIpc) is 2.95. The zero-order chi connectivity index (χ0) is 15.5. The van der Waals surface area contributed by atoms with Gasteiger partial charge in [-0.1, -0.05) is 18.2 Å². The first-order chi connectivity index (χ1) is 10.6. The van der Waals surface area contributed by atoms with E-state index in [0.29, 0.717) is 19.7 Å². The number of amides is 2. The number of benzene rings is 1. The number of carbonyl (C=O) groups excluding carboxylic acids is 2. The van der Waals surface area contributed by atoms with E-state index < -0.39 is 6.04 Å². The van der Waals surface area contributed by atoms with Crippen LogP contribution in [0.25, 0.3) is 0 Å². The van der Waals surface area contributed by atoms with Crippen LogP contribution in [0.4, 0.5) is 0 Å². The number of nitrogens with zero attached hydrogens (tertiary/aromatic N) is 1. The molecule has 2 aliphatic rings. The minimum atomic E-state index is -0.546. The maximum atomic E-state index is 12.3. The van der Waals surface area contributed by atoms with Crippen LogP contribution in [0.3, 0.4) is 0 Å². The van der Waals surface area contributed by atoms with Crippen molar-refractivity contribution in [3.05, 3.63) is 29.8 Å². The lowest BCUT2D eigenvalue weighted by molar-refractivity contribution is -0.147. The van der Waals surface area contributed by atoms with Gasteiger partial charge in [-0.25, -0.2) is 0 Å². The predicted octanol–water partition coefficient (Wildman–Crippen LogP) is 0.354. The molecule has 6 nitrogen and oxygen atoms in total. The highest BCUT2D eigenvalue weighted by molar-refractivity contribution is 5.87. The van der Waals surface area contributed by atoms with Gasteiger partial charge in [-0.3, -0.25) is 9.59 Å². The van der Waals surface area contributed by atoms with E-state index in [4.69, 9.17) is 9.47 Å². The van der Waals surface area contributed by atoms with Crippen LogP contribution in [0.15, 0.2) is 24.3 Å². The Kier molecular flexibility index (Phi) is 4.29. The molecule has 0 aromatic heterocycles. The molecule has 0 bridgehead atoms. The highest BCUT2D eigenvalue weighted by atomic mass is 16.5. The number of para-hydroxylation sites is 1. The number of hydrogen-bond donors (Lipinski definition) is 1. The summed E-state index contributed by atoms with van der Waals surface area (Å²) in [5, 5.41) is 2.88. The Morgan fingerprint density at radius 1 is 1.36 bits per heavy atom. The Morgan fingerprint density at radius 2 is 2.18 bits per heavy atom. The molecule has 0 spiro atoms. The van der Waals surface area contributed by atoms with Crippen molar-refractivity contribution in [2.24, 2.45) is 0 Å². The largest absolute Gasteiger partial charge is 0.488 e. The molecule has 6 heteroatoms. The predicted molar refractivity (Wildman–Crippen MR) is 79.6 cm³/mol. The summed E-state index contributed by atoms with van der Waals surface area (Å²) < 4.78 is 11.1. The van der Waals surface area contributed by atoms with Gasteiger partial charge in [0.05, 0.1) is 19.8 Å². The van der Waals surface area contributed by atoms with E-state index in [-0.39, 0.29) is 24.5 Å². The minimum absolute atomic E-state index is 0.0587. The van der Waals surface area contributed by atoms with Crippen molar-refractivity contribution in [1.82, 2.24) is 10.2 Å². The van der Waals surface area contributed by atoms with Crippen LogP contribution in [0.1, 0.15) is 12.5 Å². The topological polar surface area (TPSA) is 67.9 Å². The summed E-state index contributed by atoms with van der Waals surface area (Å²) >= 11 is 0. The minimum Gasteiger partial charge on any atom is -0.488 e. The van der Waals surface area contributed by atoms with Gasteiger partial charge in [0.25, 0.3) is 0 Å². The third-order valence-electron chi connectivity index (χ3n) is 4.05. The fraction of sp³-hybridized carbons (Fsp3) is 0.500. The molecular weight excluding hydrogens is 284 g/mol. The molecule has 1 aromatic rings. The summed E-state index contributed by atoms with van der Waals surface area (Å²) in [5.41, 5.74) is 1.16. The SMILES string of the molecule is CC(=O)N1CCOC[C@@H]1C(=O)NC[C@@H]1Cc2ccccc2O1. The van der Waals surface area contributed by atoms with Crippen molar-refractivity contribution in [3.8, 4) is 5.75 Å². The molecule has 1 fully saturated rings. The van der Waals surface area contributed by atoms with Crippen molar-refractivity contribution in [2.75, 3.05) is 26.3 Å².